The summed E-state index contributed by atoms with van der Waals surface area (Å²) in [6.07, 6.45) is 8.57. The molecule has 0 aromatic heterocycles. The Morgan fingerprint density at radius 1 is 1.59 bits per heavy atom. The summed E-state index contributed by atoms with van der Waals surface area (Å²) in [4.78, 5) is 14.2. The first-order valence-electron chi connectivity index (χ1n) is 6.61. The van der Waals surface area contributed by atoms with Crippen molar-refractivity contribution < 1.29 is 4.79 Å². The predicted octanol–water partition coefficient (Wildman–Crippen LogP) is 1.63. The lowest BCUT2D eigenvalue weighted by Crippen LogP contribution is -2.55. The van der Waals surface area contributed by atoms with Crippen LogP contribution in [-0.4, -0.2) is 36.0 Å². The van der Waals surface area contributed by atoms with Crippen LogP contribution in [0, 0.1) is 18.3 Å². The van der Waals surface area contributed by atoms with Gasteiger partial charge in [-0.1, -0.05) is 26.7 Å². The van der Waals surface area contributed by atoms with Gasteiger partial charge in [0.15, 0.2) is 0 Å². The van der Waals surface area contributed by atoms with Crippen molar-refractivity contribution in [2.24, 2.45) is 5.92 Å². The first-order chi connectivity index (χ1) is 8.11. The number of piperidine rings is 1. The molecule has 96 valence electrons. The highest BCUT2D eigenvalue weighted by Gasteiger charge is 2.33. The van der Waals surface area contributed by atoms with Gasteiger partial charge >= 0.3 is 0 Å². The molecular formula is C14H24N2O. The molecule has 2 atom stereocenters. The Hall–Kier alpha value is -1.01. The van der Waals surface area contributed by atoms with Gasteiger partial charge in [0.2, 0.25) is 5.91 Å². The lowest BCUT2D eigenvalue weighted by Gasteiger charge is -2.37. The molecule has 2 unspecified atom stereocenters. The molecule has 3 nitrogen and oxygen atoms in total. The maximum atomic E-state index is 12.3. The van der Waals surface area contributed by atoms with E-state index in [1.807, 2.05) is 4.90 Å². The fourth-order valence-corrected chi connectivity index (χ4v) is 2.33. The van der Waals surface area contributed by atoms with Gasteiger partial charge in [-0.3, -0.25) is 4.79 Å². The van der Waals surface area contributed by atoms with Crippen LogP contribution in [0.5, 0.6) is 0 Å². The zero-order valence-electron chi connectivity index (χ0n) is 11.2. The van der Waals surface area contributed by atoms with E-state index in [9.17, 15) is 4.79 Å². The van der Waals surface area contributed by atoms with E-state index in [0.29, 0.717) is 5.92 Å². The molecule has 0 spiro atoms. The van der Waals surface area contributed by atoms with Crippen molar-refractivity contribution in [1.82, 2.24) is 10.2 Å². The van der Waals surface area contributed by atoms with Crippen LogP contribution in [0.1, 0.15) is 40.0 Å². The lowest BCUT2D eigenvalue weighted by atomic mass is 9.97. The van der Waals surface area contributed by atoms with Crippen molar-refractivity contribution in [3.63, 3.8) is 0 Å². The van der Waals surface area contributed by atoms with Gasteiger partial charge < -0.3 is 10.2 Å². The quantitative estimate of drug-likeness (QED) is 0.736. The van der Waals surface area contributed by atoms with Gasteiger partial charge in [-0.15, -0.1) is 6.42 Å². The highest BCUT2D eigenvalue weighted by molar-refractivity contribution is 5.83. The number of terminal acetylenes is 1. The molecule has 0 aromatic rings. The van der Waals surface area contributed by atoms with Crippen molar-refractivity contribution in [3.05, 3.63) is 0 Å². The van der Waals surface area contributed by atoms with Crippen LogP contribution in [0.4, 0.5) is 0 Å². The normalized spacial score (nSPS) is 22.6. The molecule has 1 aliphatic rings. The minimum absolute atomic E-state index is 0.0294. The number of carbonyl (C=O) groups is 1. The average Bonchev–Trinajstić information content (AvgIpc) is 2.30. The molecule has 1 amide bonds. The third-order valence-electron chi connectivity index (χ3n) is 3.25. The number of hydrogen-bond donors (Lipinski definition) is 1. The Bertz CT molecular complexity index is 293. The topological polar surface area (TPSA) is 32.3 Å². The Balaban J connectivity index is 2.67. The second-order valence-corrected chi connectivity index (χ2v) is 5.04. The van der Waals surface area contributed by atoms with E-state index >= 15 is 0 Å². The number of carbonyl (C=O) groups excluding carboxylic acids is 1. The first-order valence-corrected chi connectivity index (χ1v) is 6.61. The van der Waals surface area contributed by atoms with Gasteiger partial charge in [-0.25, -0.2) is 0 Å². The lowest BCUT2D eigenvalue weighted by molar-refractivity contribution is -0.138. The maximum Gasteiger partial charge on any atom is 0.240 e. The van der Waals surface area contributed by atoms with Crippen LogP contribution in [0.2, 0.25) is 0 Å². The number of nitrogens with zero attached hydrogens (tertiary/aromatic N) is 1. The van der Waals surface area contributed by atoms with Crippen molar-refractivity contribution in [2.45, 2.75) is 52.1 Å². The van der Waals surface area contributed by atoms with Gasteiger partial charge in [0.05, 0.1) is 12.1 Å². The molecule has 1 N–H and O–H groups in total. The Morgan fingerprint density at radius 3 is 2.82 bits per heavy atom. The molecule has 1 aliphatic heterocycles. The minimum atomic E-state index is -0.0614. The largest absolute Gasteiger partial charge is 0.327 e. The zero-order valence-corrected chi connectivity index (χ0v) is 11.2. The average molecular weight is 236 g/mol. The highest BCUT2D eigenvalue weighted by atomic mass is 16.2. The van der Waals surface area contributed by atoms with E-state index in [4.69, 9.17) is 6.42 Å². The predicted molar refractivity (Wildman–Crippen MR) is 70.5 cm³/mol. The molecule has 1 heterocycles. The monoisotopic (exact) mass is 236 g/mol. The fourth-order valence-electron chi connectivity index (χ4n) is 2.33. The maximum absolute atomic E-state index is 12.3. The van der Waals surface area contributed by atoms with Crippen LogP contribution in [0.3, 0.4) is 0 Å². The zero-order chi connectivity index (χ0) is 12.8. The smallest absolute Gasteiger partial charge is 0.240 e. The molecule has 1 rings (SSSR count). The third kappa shape index (κ3) is 3.47. The summed E-state index contributed by atoms with van der Waals surface area (Å²) in [5.74, 6) is 3.25. The van der Waals surface area contributed by atoms with Crippen LogP contribution in [-0.2, 0) is 4.79 Å². The Kier molecular flexibility index (Phi) is 5.50. The van der Waals surface area contributed by atoms with E-state index in [1.165, 1.54) is 0 Å². The summed E-state index contributed by atoms with van der Waals surface area (Å²) in [7, 11) is 0. The van der Waals surface area contributed by atoms with Crippen LogP contribution in [0.25, 0.3) is 0 Å². The van der Waals surface area contributed by atoms with Gasteiger partial charge in [0.25, 0.3) is 0 Å². The third-order valence-corrected chi connectivity index (χ3v) is 3.25. The van der Waals surface area contributed by atoms with E-state index in [0.717, 1.165) is 32.4 Å². The van der Waals surface area contributed by atoms with Crippen LogP contribution >= 0.6 is 0 Å². The van der Waals surface area contributed by atoms with E-state index in [-0.39, 0.29) is 18.0 Å². The Morgan fingerprint density at radius 2 is 2.29 bits per heavy atom. The number of rotatable bonds is 5. The summed E-state index contributed by atoms with van der Waals surface area (Å²) in [5, 5.41) is 3.31. The van der Waals surface area contributed by atoms with Gasteiger partial charge in [0.1, 0.15) is 0 Å². The van der Waals surface area contributed by atoms with Crippen molar-refractivity contribution in [3.8, 4) is 12.3 Å². The summed E-state index contributed by atoms with van der Waals surface area (Å²) in [6, 6.07) is -0.0907. The standard InChI is InChI=1S/C14H24N2O/c1-5-9-15-12-8-7-10-16(14(12)17)13(6-2)11(3)4/h2,11-13,15H,5,7-10H2,1,3-4H3. The summed E-state index contributed by atoms with van der Waals surface area (Å²) < 4.78 is 0. The highest BCUT2D eigenvalue weighted by Crippen LogP contribution is 2.18. The summed E-state index contributed by atoms with van der Waals surface area (Å²) in [5.41, 5.74) is 0. The fraction of sp³-hybridized carbons (Fsp3) is 0.786. The molecule has 3 heteroatoms. The Labute approximate surface area is 105 Å². The molecule has 1 fully saturated rings. The molecule has 0 aromatic carbocycles. The molecule has 0 saturated carbocycles. The van der Waals surface area contributed by atoms with Gasteiger partial charge in [-0.2, -0.15) is 0 Å². The van der Waals surface area contributed by atoms with Crippen molar-refractivity contribution in [1.29, 1.82) is 0 Å². The molecule has 0 aliphatic carbocycles. The molecule has 0 bridgehead atoms. The van der Waals surface area contributed by atoms with Crippen LogP contribution < -0.4 is 5.32 Å². The van der Waals surface area contributed by atoms with Gasteiger partial charge in [-0.05, 0) is 31.7 Å². The van der Waals surface area contributed by atoms with Gasteiger partial charge in [0, 0.05) is 6.54 Å². The van der Waals surface area contributed by atoms with E-state index in [2.05, 4.69) is 32.0 Å². The van der Waals surface area contributed by atoms with Crippen molar-refractivity contribution in [2.75, 3.05) is 13.1 Å². The number of amides is 1. The molecule has 0 radical (unpaired) electrons. The SMILES string of the molecule is C#CC(C(C)C)N1CCCC(NCCC)C1=O. The number of hydrogen-bond acceptors (Lipinski definition) is 2. The number of nitrogens with one attached hydrogen (secondary N) is 1. The first kappa shape index (κ1) is 14.1. The summed E-state index contributed by atoms with van der Waals surface area (Å²) in [6.45, 7) is 7.95. The summed E-state index contributed by atoms with van der Waals surface area (Å²) >= 11 is 0. The molecule has 17 heavy (non-hydrogen) atoms. The van der Waals surface area contributed by atoms with Crippen molar-refractivity contribution >= 4 is 5.91 Å². The molecular weight excluding hydrogens is 212 g/mol. The van der Waals surface area contributed by atoms with E-state index in [1.54, 1.807) is 0 Å². The second-order valence-electron chi connectivity index (χ2n) is 5.04. The van der Waals surface area contributed by atoms with Crippen LogP contribution in [0.15, 0.2) is 0 Å². The minimum Gasteiger partial charge on any atom is -0.327 e. The molecule has 1 saturated heterocycles. The second kappa shape index (κ2) is 6.66. The van der Waals surface area contributed by atoms with E-state index < -0.39 is 0 Å². The number of likely N-dealkylation sites (tertiary alicyclic amines) is 1.